The maximum Gasteiger partial charge on any atom is 0.304 e. The number of hydrogen-bond donors (Lipinski definition) is 0. The van der Waals surface area contributed by atoms with Crippen LogP contribution in [0.25, 0.3) is 0 Å². The Morgan fingerprint density at radius 3 is 2.63 bits per heavy atom. The van der Waals surface area contributed by atoms with Gasteiger partial charge in [0.05, 0.1) is 11.7 Å². The number of fused-ring (bicyclic) bond motifs is 1. The van der Waals surface area contributed by atoms with Gasteiger partial charge >= 0.3 is 5.97 Å². The number of methoxy groups -OCH3 is 1. The minimum Gasteiger partial charge on any atom is -0.443 e. The van der Waals surface area contributed by atoms with E-state index in [0.29, 0.717) is 6.42 Å². The largest absolute Gasteiger partial charge is 0.443 e. The first-order valence-electron chi connectivity index (χ1n) is 6.61. The number of rotatable bonds is 3. The molecule has 0 bridgehead atoms. The minimum absolute atomic E-state index is 0.0380. The van der Waals surface area contributed by atoms with Gasteiger partial charge in [-0.25, -0.2) is 0 Å². The maximum atomic E-state index is 11.4. The van der Waals surface area contributed by atoms with Crippen molar-refractivity contribution >= 4 is 5.97 Å². The van der Waals surface area contributed by atoms with E-state index in [4.69, 9.17) is 20.6 Å². The molecule has 1 saturated heterocycles. The van der Waals surface area contributed by atoms with Crippen LogP contribution in [0, 0.1) is 18.3 Å². The Labute approximate surface area is 114 Å². The van der Waals surface area contributed by atoms with Crippen LogP contribution in [0.2, 0.25) is 0 Å². The molecule has 1 heterocycles. The van der Waals surface area contributed by atoms with Crippen molar-refractivity contribution in [1.82, 2.24) is 0 Å². The van der Waals surface area contributed by atoms with E-state index in [-0.39, 0.29) is 23.6 Å². The van der Waals surface area contributed by atoms with Gasteiger partial charge in [0.2, 0.25) is 5.60 Å². The van der Waals surface area contributed by atoms with Gasteiger partial charge < -0.3 is 14.2 Å². The molecule has 4 heteroatoms. The monoisotopic (exact) mass is 266 g/mol. The van der Waals surface area contributed by atoms with Gasteiger partial charge in [-0.05, 0) is 33.1 Å². The zero-order valence-corrected chi connectivity index (χ0v) is 12.3. The Hall–Kier alpha value is -1.05. The van der Waals surface area contributed by atoms with E-state index < -0.39 is 11.2 Å². The summed E-state index contributed by atoms with van der Waals surface area (Å²) in [6, 6.07) is 0. The van der Waals surface area contributed by atoms with Crippen molar-refractivity contribution in [2.75, 3.05) is 7.11 Å². The molecule has 2 rings (SSSR count). The van der Waals surface area contributed by atoms with E-state index in [9.17, 15) is 4.79 Å². The van der Waals surface area contributed by atoms with Crippen molar-refractivity contribution in [2.24, 2.45) is 5.92 Å². The molecule has 1 aliphatic heterocycles. The molecule has 1 saturated carbocycles. The second-order valence-corrected chi connectivity index (χ2v) is 6.22. The molecule has 4 nitrogen and oxygen atoms in total. The third-order valence-corrected chi connectivity index (χ3v) is 4.84. The van der Waals surface area contributed by atoms with Gasteiger partial charge in [-0.15, -0.1) is 6.42 Å². The SMILES string of the molecule is C#CC1(OC(C)=O)CC(C(C)(C)OC)CC2OC21C. The highest BCUT2D eigenvalue weighted by molar-refractivity contribution is 5.67. The first kappa shape index (κ1) is 14.4. The maximum absolute atomic E-state index is 11.4. The normalized spacial score (nSPS) is 41.1. The Kier molecular flexibility index (Phi) is 3.19. The highest BCUT2D eigenvalue weighted by atomic mass is 16.7. The summed E-state index contributed by atoms with van der Waals surface area (Å²) in [7, 11) is 1.69. The number of esters is 1. The van der Waals surface area contributed by atoms with Crippen LogP contribution in [0.3, 0.4) is 0 Å². The zero-order valence-electron chi connectivity index (χ0n) is 12.3. The Morgan fingerprint density at radius 1 is 1.53 bits per heavy atom. The third-order valence-electron chi connectivity index (χ3n) is 4.84. The summed E-state index contributed by atoms with van der Waals surface area (Å²) in [5.41, 5.74) is -1.86. The number of carbonyl (C=O) groups excluding carboxylic acids is 1. The minimum atomic E-state index is -0.984. The molecular weight excluding hydrogens is 244 g/mol. The fourth-order valence-electron chi connectivity index (χ4n) is 3.10. The Balaban J connectivity index is 2.31. The van der Waals surface area contributed by atoms with Crippen LogP contribution in [0.5, 0.6) is 0 Å². The topological polar surface area (TPSA) is 48.1 Å². The first-order chi connectivity index (χ1) is 8.71. The molecule has 0 aromatic heterocycles. The Morgan fingerprint density at radius 2 is 2.16 bits per heavy atom. The molecule has 19 heavy (non-hydrogen) atoms. The molecule has 4 unspecified atom stereocenters. The molecule has 0 aromatic rings. The zero-order chi connectivity index (χ0) is 14.5. The van der Waals surface area contributed by atoms with Gasteiger partial charge in [-0.3, -0.25) is 4.79 Å². The van der Waals surface area contributed by atoms with Crippen molar-refractivity contribution in [3.8, 4) is 12.3 Å². The predicted molar refractivity (Wildman–Crippen MR) is 70.4 cm³/mol. The number of ether oxygens (including phenoxy) is 3. The lowest BCUT2D eigenvalue weighted by atomic mass is 9.67. The number of hydrogen-bond acceptors (Lipinski definition) is 4. The average Bonchev–Trinajstić information content (AvgIpc) is 3.00. The smallest absolute Gasteiger partial charge is 0.304 e. The van der Waals surface area contributed by atoms with Crippen LogP contribution >= 0.6 is 0 Å². The first-order valence-corrected chi connectivity index (χ1v) is 6.61. The van der Waals surface area contributed by atoms with Crippen LogP contribution in [0.1, 0.15) is 40.5 Å². The highest BCUT2D eigenvalue weighted by Crippen LogP contribution is 2.58. The van der Waals surface area contributed by atoms with E-state index in [1.54, 1.807) is 7.11 Å². The van der Waals surface area contributed by atoms with Gasteiger partial charge in [0, 0.05) is 20.5 Å². The van der Waals surface area contributed by atoms with Gasteiger partial charge in [-0.1, -0.05) is 5.92 Å². The molecule has 0 N–H and O–H groups in total. The van der Waals surface area contributed by atoms with Crippen LogP contribution < -0.4 is 0 Å². The van der Waals surface area contributed by atoms with E-state index in [1.165, 1.54) is 6.92 Å². The standard InChI is InChI=1S/C15H22O4/c1-7-15(18-10(2)16)9-11(13(3,4)17-6)8-12-14(15,5)19-12/h1,11-12H,8-9H2,2-6H3. The molecule has 1 aliphatic carbocycles. The van der Waals surface area contributed by atoms with Crippen molar-refractivity contribution in [3.05, 3.63) is 0 Å². The molecule has 0 aromatic carbocycles. The van der Waals surface area contributed by atoms with Crippen LogP contribution in [0.15, 0.2) is 0 Å². The van der Waals surface area contributed by atoms with Gasteiger partial charge in [0.15, 0.2) is 0 Å². The molecule has 106 valence electrons. The molecule has 0 spiro atoms. The molecule has 2 fully saturated rings. The number of carbonyl (C=O) groups is 1. The summed E-state index contributed by atoms with van der Waals surface area (Å²) in [6.07, 6.45) is 7.17. The second-order valence-electron chi connectivity index (χ2n) is 6.22. The summed E-state index contributed by atoms with van der Waals surface area (Å²) >= 11 is 0. The van der Waals surface area contributed by atoms with E-state index in [0.717, 1.165) is 6.42 Å². The average molecular weight is 266 g/mol. The number of epoxide rings is 1. The Bertz CT molecular complexity index is 436. The second kappa shape index (κ2) is 4.22. The third kappa shape index (κ3) is 2.05. The fraction of sp³-hybridized carbons (Fsp3) is 0.800. The van der Waals surface area contributed by atoms with E-state index in [1.807, 2.05) is 20.8 Å². The van der Waals surface area contributed by atoms with Crippen LogP contribution in [-0.2, 0) is 19.0 Å². The molecule has 4 atom stereocenters. The lowest BCUT2D eigenvalue weighted by molar-refractivity contribution is -0.163. The lowest BCUT2D eigenvalue weighted by Crippen LogP contribution is -2.55. The number of terminal acetylenes is 1. The van der Waals surface area contributed by atoms with E-state index >= 15 is 0 Å². The van der Waals surface area contributed by atoms with Crippen molar-refractivity contribution < 1.29 is 19.0 Å². The van der Waals surface area contributed by atoms with Crippen LogP contribution in [0.4, 0.5) is 0 Å². The molecule has 2 aliphatic rings. The van der Waals surface area contributed by atoms with Crippen LogP contribution in [-0.4, -0.2) is 36.0 Å². The fourth-order valence-corrected chi connectivity index (χ4v) is 3.10. The molecule has 0 amide bonds. The summed E-state index contributed by atoms with van der Waals surface area (Å²) in [5.74, 6) is 2.50. The molecule has 0 radical (unpaired) electrons. The summed E-state index contributed by atoms with van der Waals surface area (Å²) in [6.45, 7) is 7.36. The summed E-state index contributed by atoms with van der Waals surface area (Å²) in [5, 5.41) is 0. The van der Waals surface area contributed by atoms with Gasteiger partial charge in [0.25, 0.3) is 0 Å². The van der Waals surface area contributed by atoms with Crippen molar-refractivity contribution in [2.45, 2.75) is 63.4 Å². The van der Waals surface area contributed by atoms with Crippen molar-refractivity contribution in [1.29, 1.82) is 0 Å². The summed E-state index contributed by atoms with van der Waals surface area (Å²) < 4.78 is 16.8. The molecular formula is C15H22O4. The van der Waals surface area contributed by atoms with E-state index in [2.05, 4.69) is 5.92 Å². The van der Waals surface area contributed by atoms with Crippen molar-refractivity contribution in [3.63, 3.8) is 0 Å². The van der Waals surface area contributed by atoms with Gasteiger partial charge in [0.1, 0.15) is 5.60 Å². The lowest BCUT2D eigenvalue weighted by Gasteiger charge is -2.43. The quantitative estimate of drug-likeness (QED) is 0.445. The van der Waals surface area contributed by atoms with Gasteiger partial charge in [-0.2, -0.15) is 0 Å². The summed E-state index contributed by atoms with van der Waals surface area (Å²) in [4.78, 5) is 11.4. The highest BCUT2D eigenvalue weighted by Gasteiger charge is 2.72. The predicted octanol–water partition coefficient (Wildman–Crippen LogP) is 1.91.